The molecule has 2 N–H and O–H groups in total. The van der Waals surface area contributed by atoms with Gasteiger partial charge in [-0.2, -0.15) is 0 Å². The van der Waals surface area contributed by atoms with Gasteiger partial charge in [0.25, 0.3) is 0 Å². The normalized spacial score (nSPS) is 12.3. The molecule has 0 amide bonds. The van der Waals surface area contributed by atoms with Gasteiger partial charge in [0.2, 0.25) is 0 Å². The van der Waals surface area contributed by atoms with Crippen molar-refractivity contribution in [3.8, 4) is 5.75 Å². The Morgan fingerprint density at radius 3 is 2.56 bits per heavy atom. The first kappa shape index (κ1) is 17.4. The summed E-state index contributed by atoms with van der Waals surface area (Å²) in [6.07, 6.45) is -0.404. The second-order valence-corrected chi connectivity index (χ2v) is 6.16. The molecule has 0 unspecified atom stereocenters. The molecule has 0 spiro atoms. The molecule has 0 saturated heterocycles. The topological polar surface area (TPSA) is 41.5 Å². The first-order valence-corrected chi connectivity index (χ1v) is 8.40. The number of fused-ring (bicyclic) bond motifs is 1. The highest BCUT2D eigenvalue weighted by Crippen LogP contribution is 2.28. The quantitative estimate of drug-likeness (QED) is 0.683. The van der Waals surface area contributed by atoms with E-state index in [-0.39, 0.29) is 5.82 Å². The van der Waals surface area contributed by atoms with Crippen molar-refractivity contribution >= 4 is 10.8 Å². The number of ether oxygens (including phenoxy) is 1. The Kier molecular flexibility index (Phi) is 5.64. The van der Waals surface area contributed by atoms with Gasteiger partial charge < -0.3 is 15.2 Å². The van der Waals surface area contributed by atoms with E-state index in [2.05, 4.69) is 17.4 Å². The molecule has 0 aliphatic rings. The molecule has 4 heteroatoms. The number of hydrogen-bond acceptors (Lipinski definition) is 3. The summed E-state index contributed by atoms with van der Waals surface area (Å²) in [5.41, 5.74) is 1.97. The van der Waals surface area contributed by atoms with Gasteiger partial charge in [0.15, 0.2) is 0 Å². The molecule has 3 rings (SSSR count). The molecular formula is C21H22FNO2. The van der Waals surface area contributed by atoms with Crippen molar-refractivity contribution in [2.24, 2.45) is 0 Å². The van der Waals surface area contributed by atoms with Crippen LogP contribution in [0.15, 0.2) is 60.7 Å². The summed E-state index contributed by atoms with van der Waals surface area (Å²) in [7, 11) is 0. The maximum Gasteiger partial charge on any atom is 0.124 e. The summed E-state index contributed by atoms with van der Waals surface area (Å²) < 4.78 is 19.0. The molecular weight excluding hydrogens is 317 g/mol. The SMILES string of the molecule is C[C@H](O)CNCc1c(OCc2ccc(F)cc2)ccc2ccccc12. The predicted molar refractivity (Wildman–Crippen MR) is 98.1 cm³/mol. The number of aliphatic hydroxyl groups excluding tert-OH is 1. The van der Waals surface area contributed by atoms with Gasteiger partial charge in [-0.1, -0.05) is 42.5 Å². The smallest absolute Gasteiger partial charge is 0.124 e. The minimum absolute atomic E-state index is 0.252. The molecule has 0 saturated carbocycles. The molecule has 0 fully saturated rings. The maximum atomic E-state index is 13.0. The number of aliphatic hydroxyl groups is 1. The molecule has 0 aliphatic heterocycles. The van der Waals surface area contributed by atoms with E-state index < -0.39 is 6.10 Å². The average Bonchev–Trinajstić information content (AvgIpc) is 2.62. The summed E-state index contributed by atoms with van der Waals surface area (Å²) in [6.45, 7) is 3.25. The van der Waals surface area contributed by atoms with Gasteiger partial charge in [-0.05, 0) is 41.5 Å². The van der Waals surface area contributed by atoms with Crippen molar-refractivity contribution in [2.75, 3.05) is 6.54 Å². The van der Waals surface area contributed by atoms with E-state index >= 15 is 0 Å². The van der Waals surface area contributed by atoms with Gasteiger partial charge in [0.1, 0.15) is 18.2 Å². The molecule has 3 aromatic rings. The third-order valence-electron chi connectivity index (χ3n) is 4.05. The Hall–Kier alpha value is -2.43. The highest BCUT2D eigenvalue weighted by atomic mass is 19.1. The lowest BCUT2D eigenvalue weighted by atomic mass is 10.0. The Morgan fingerprint density at radius 2 is 1.80 bits per heavy atom. The predicted octanol–water partition coefficient (Wildman–Crippen LogP) is 4.03. The van der Waals surface area contributed by atoms with Crippen LogP contribution in [-0.2, 0) is 13.2 Å². The van der Waals surface area contributed by atoms with Gasteiger partial charge in [0, 0.05) is 18.7 Å². The van der Waals surface area contributed by atoms with E-state index in [0.29, 0.717) is 19.7 Å². The van der Waals surface area contributed by atoms with Crippen molar-refractivity contribution < 1.29 is 14.2 Å². The van der Waals surface area contributed by atoms with Crippen LogP contribution in [0.5, 0.6) is 5.75 Å². The first-order chi connectivity index (χ1) is 12.1. The number of hydrogen-bond donors (Lipinski definition) is 2. The zero-order chi connectivity index (χ0) is 17.6. The van der Waals surface area contributed by atoms with Crippen LogP contribution < -0.4 is 10.1 Å². The van der Waals surface area contributed by atoms with E-state index in [9.17, 15) is 9.50 Å². The van der Waals surface area contributed by atoms with Crippen LogP contribution in [-0.4, -0.2) is 17.8 Å². The molecule has 25 heavy (non-hydrogen) atoms. The summed E-state index contributed by atoms with van der Waals surface area (Å²) in [4.78, 5) is 0. The van der Waals surface area contributed by atoms with Crippen molar-refractivity contribution in [1.82, 2.24) is 5.32 Å². The molecule has 0 heterocycles. The number of nitrogens with one attached hydrogen (secondary N) is 1. The first-order valence-electron chi connectivity index (χ1n) is 8.40. The second kappa shape index (κ2) is 8.10. The van der Waals surface area contributed by atoms with Gasteiger partial charge in [0.05, 0.1) is 6.10 Å². The van der Waals surface area contributed by atoms with Gasteiger partial charge in [-0.3, -0.25) is 0 Å². The van der Waals surface area contributed by atoms with Crippen LogP contribution >= 0.6 is 0 Å². The number of halogens is 1. The van der Waals surface area contributed by atoms with Crippen molar-refractivity contribution in [2.45, 2.75) is 26.2 Å². The highest BCUT2D eigenvalue weighted by Gasteiger charge is 2.09. The summed E-state index contributed by atoms with van der Waals surface area (Å²) in [5.74, 6) is 0.540. The summed E-state index contributed by atoms with van der Waals surface area (Å²) >= 11 is 0. The number of benzene rings is 3. The molecule has 3 aromatic carbocycles. The van der Waals surface area contributed by atoms with Crippen LogP contribution in [0.2, 0.25) is 0 Å². The fourth-order valence-corrected chi connectivity index (χ4v) is 2.78. The minimum atomic E-state index is -0.404. The van der Waals surface area contributed by atoms with Crippen molar-refractivity contribution in [3.05, 3.63) is 77.6 Å². The Balaban J connectivity index is 1.83. The van der Waals surface area contributed by atoms with Gasteiger partial charge in [-0.25, -0.2) is 4.39 Å². The van der Waals surface area contributed by atoms with Gasteiger partial charge >= 0.3 is 0 Å². The maximum absolute atomic E-state index is 13.0. The van der Waals surface area contributed by atoms with Crippen molar-refractivity contribution in [3.63, 3.8) is 0 Å². The molecule has 0 bridgehead atoms. The zero-order valence-corrected chi connectivity index (χ0v) is 14.2. The van der Waals surface area contributed by atoms with Crippen LogP contribution in [0.1, 0.15) is 18.1 Å². The van der Waals surface area contributed by atoms with Crippen LogP contribution in [0.3, 0.4) is 0 Å². The molecule has 130 valence electrons. The summed E-state index contributed by atoms with van der Waals surface area (Å²) in [5, 5.41) is 15.0. The molecule has 1 atom stereocenters. The zero-order valence-electron chi connectivity index (χ0n) is 14.2. The Labute approximate surface area is 147 Å². The van der Waals surface area contributed by atoms with E-state index in [4.69, 9.17) is 4.74 Å². The van der Waals surface area contributed by atoms with E-state index in [1.165, 1.54) is 12.1 Å². The average molecular weight is 339 g/mol. The third kappa shape index (κ3) is 4.56. The highest BCUT2D eigenvalue weighted by molar-refractivity contribution is 5.87. The summed E-state index contributed by atoms with van der Waals surface area (Å²) in [6, 6.07) is 18.5. The second-order valence-electron chi connectivity index (χ2n) is 6.16. The molecule has 0 aromatic heterocycles. The fraction of sp³-hybridized carbons (Fsp3) is 0.238. The Bertz CT molecular complexity index is 831. The van der Waals surface area contributed by atoms with Crippen LogP contribution in [0, 0.1) is 5.82 Å². The molecule has 0 aliphatic carbocycles. The van der Waals surface area contributed by atoms with Crippen molar-refractivity contribution in [1.29, 1.82) is 0 Å². The fourth-order valence-electron chi connectivity index (χ4n) is 2.78. The largest absolute Gasteiger partial charge is 0.489 e. The van der Waals surface area contributed by atoms with Crippen LogP contribution in [0.25, 0.3) is 10.8 Å². The molecule has 0 radical (unpaired) electrons. The lowest BCUT2D eigenvalue weighted by Crippen LogP contribution is -2.24. The van der Waals surface area contributed by atoms with Crippen LogP contribution in [0.4, 0.5) is 4.39 Å². The third-order valence-corrected chi connectivity index (χ3v) is 4.05. The minimum Gasteiger partial charge on any atom is -0.489 e. The monoisotopic (exact) mass is 339 g/mol. The standard InChI is InChI=1S/C21H22FNO2/c1-15(24)12-23-13-20-19-5-3-2-4-17(19)8-11-21(20)25-14-16-6-9-18(22)10-7-16/h2-11,15,23-24H,12-14H2,1H3/t15-/m0/s1. The Morgan fingerprint density at radius 1 is 1.04 bits per heavy atom. The van der Waals surface area contributed by atoms with E-state index in [1.807, 2.05) is 24.3 Å². The van der Waals surface area contributed by atoms with E-state index in [0.717, 1.165) is 27.6 Å². The number of rotatable bonds is 7. The molecule has 3 nitrogen and oxygen atoms in total. The van der Waals surface area contributed by atoms with Gasteiger partial charge in [-0.15, -0.1) is 0 Å². The van der Waals surface area contributed by atoms with E-state index in [1.54, 1.807) is 19.1 Å². The lowest BCUT2D eigenvalue weighted by Gasteiger charge is -2.16. The lowest BCUT2D eigenvalue weighted by molar-refractivity contribution is 0.190.